The van der Waals surface area contributed by atoms with Gasteiger partial charge >= 0.3 is 5.97 Å². The molecule has 4 rings (SSSR count). The van der Waals surface area contributed by atoms with Crippen LogP contribution < -0.4 is 5.32 Å². The molecule has 0 aliphatic heterocycles. The Morgan fingerprint density at radius 3 is 2.69 bits per heavy atom. The summed E-state index contributed by atoms with van der Waals surface area (Å²) in [5, 5.41) is 22.4. The van der Waals surface area contributed by atoms with Crippen molar-refractivity contribution in [1.82, 2.24) is 19.9 Å². The molecule has 0 unspecified atom stereocenters. The van der Waals surface area contributed by atoms with E-state index in [4.69, 9.17) is 16.6 Å². The number of nitrogens with one attached hydrogen (secondary N) is 1. The van der Waals surface area contributed by atoms with Crippen LogP contribution in [0.5, 0.6) is 0 Å². The molecule has 8 nitrogen and oxygen atoms in total. The van der Waals surface area contributed by atoms with E-state index in [0.29, 0.717) is 28.1 Å². The van der Waals surface area contributed by atoms with Crippen LogP contribution >= 0.6 is 11.6 Å². The Hall–Kier alpha value is -4.09. The van der Waals surface area contributed by atoms with Gasteiger partial charge in [-0.2, -0.15) is 5.26 Å². The predicted octanol–water partition coefficient (Wildman–Crippen LogP) is 4.79. The van der Waals surface area contributed by atoms with E-state index in [9.17, 15) is 15.2 Å². The normalized spacial score (nSPS) is 11.7. The summed E-state index contributed by atoms with van der Waals surface area (Å²) in [6, 6.07) is 14.0. The van der Waals surface area contributed by atoms with Gasteiger partial charge < -0.3 is 10.4 Å². The first-order valence-corrected chi connectivity index (χ1v) is 10.1. The molecule has 9 heteroatoms. The molecule has 0 saturated heterocycles. The van der Waals surface area contributed by atoms with E-state index < -0.39 is 5.97 Å². The van der Waals surface area contributed by atoms with Gasteiger partial charge in [-0.3, -0.25) is 4.98 Å². The number of rotatable bonds is 5. The zero-order chi connectivity index (χ0) is 22.8. The highest BCUT2D eigenvalue weighted by Gasteiger charge is 2.20. The predicted molar refractivity (Wildman–Crippen MR) is 120 cm³/mol. The van der Waals surface area contributed by atoms with Gasteiger partial charge in [0, 0.05) is 11.8 Å². The molecule has 0 fully saturated rings. The molecule has 0 aliphatic rings. The van der Waals surface area contributed by atoms with E-state index in [1.54, 1.807) is 24.4 Å². The van der Waals surface area contributed by atoms with Crippen LogP contribution in [0.4, 0.5) is 5.69 Å². The fourth-order valence-electron chi connectivity index (χ4n) is 3.45. The summed E-state index contributed by atoms with van der Waals surface area (Å²) in [6.07, 6.45) is 1.63. The summed E-state index contributed by atoms with van der Waals surface area (Å²) in [7, 11) is 0. The second kappa shape index (κ2) is 8.57. The van der Waals surface area contributed by atoms with Crippen LogP contribution in [-0.2, 0) is 0 Å². The second-order valence-electron chi connectivity index (χ2n) is 7.17. The SMILES string of the molecule is Cc1cc([C@@H](C)Nc2ccc(Cl)nc2C(=O)O)c2nc(-c3ccccn3)c(C#N)nc2c1. The first kappa shape index (κ1) is 21.2. The molecule has 0 aliphatic carbocycles. The molecule has 0 saturated carbocycles. The number of anilines is 1. The largest absolute Gasteiger partial charge is 0.476 e. The molecule has 3 heterocycles. The highest BCUT2D eigenvalue weighted by molar-refractivity contribution is 6.29. The van der Waals surface area contributed by atoms with Crippen molar-refractivity contribution >= 4 is 34.3 Å². The Labute approximate surface area is 188 Å². The lowest BCUT2D eigenvalue weighted by molar-refractivity contribution is 0.0691. The summed E-state index contributed by atoms with van der Waals surface area (Å²) >= 11 is 5.86. The van der Waals surface area contributed by atoms with Gasteiger partial charge in [-0.25, -0.2) is 19.7 Å². The van der Waals surface area contributed by atoms with Crippen LogP contribution in [0.25, 0.3) is 22.4 Å². The van der Waals surface area contributed by atoms with E-state index in [1.165, 1.54) is 6.07 Å². The Morgan fingerprint density at radius 1 is 1.19 bits per heavy atom. The van der Waals surface area contributed by atoms with Gasteiger partial charge in [-0.1, -0.05) is 23.7 Å². The average Bonchev–Trinajstić information content (AvgIpc) is 2.79. The maximum atomic E-state index is 11.6. The van der Waals surface area contributed by atoms with Crippen LogP contribution in [0.15, 0.2) is 48.7 Å². The van der Waals surface area contributed by atoms with Gasteiger partial charge in [0.2, 0.25) is 0 Å². The highest BCUT2D eigenvalue weighted by Crippen LogP contribution is 2.30. The lowest BCUT2D eigenvalue weighted by atomic mass is 10.0. The summed E-state index contributed by atoms with van der Waals surface area (Å²) in [4.78, 5) is 29.1. The summed E-state index contributed by atoms with van der Waals surface area (Å²) in [5.74, 6) is -1.19. The number of carboxylic acid groups (broad SMARTS) is 1. The van der Waals surface area contributed by atoms with Crippen LogP contribution in [-0.4, -0.2) is 31.0 Å². The van der Waals surface area contributed by atoms with Crippen molar-refractivity contribution in [3.63, 3.8) is 0 Å². The molecule has 1 aromatic carbocycles. The molecule has 32 heavy (non-hydrogen) atoms. The third kappa shape index (κ3) is 4.06. The number of aromatic carboxylic acids is 1. The number of halogens is 1. The smallest absolute Gasteiger partial charge is 0.356 e. The molecular formula is C23H17ClN6O2. The molecule has 1 atom stereocenters. The number of carboxylic acids is 1. The number of carbonyl (C=O) groups is 1. The standard InChI is InChI=1S/C23H17ClN6O2/c1-12-9-14(13(2)27-16-6-7-19(24)29-22(16)23(31)32)20-17(10-12)28-18(11-25)21(30-20)15-5-3-4-8-26-15/h3-10,13,27H,1-2H3,(H,31,32)/t13-/m1/s1. The summed E-state index contributed by atoms with van der Waals surface area (Å²) in [5.41, 5.74) is 4.15. The van der Waals surface area contributed by atoms with E-state index >= 15 is 0 Å². The first-order valence-electron chi connectivity index (χ1n) is 9.67. The fraction of sp³-hybridized carbons (Fsp3) is 0.130. The van der Waals surface area contributed by atoms with Gasteiger partial charge in [0.15, 0.2) is 11.4 Å². The zero-order valence-corrected chi connectivity index (χ0v) is 17.9. The number of aryl methyl sites for hydroxylation is 1. The summed E-state index contributed by atoms with van der Waals surface area (Å²) in [6.45, 7) is 3.80. The van der Waals surface area contributed by atoms with E-state index in [1.807, 2.05) is 32.0 Å². The fourth-order valence-corrected chi connectivity index (χ4v) is 3.60. The van der Waals surface area contributed by atoms with Crippen molar-refractivity contribution in [3.8, 4) is 17.5 Å². The monoisotopic (exact) mass is 444 g/mol. The maximum absolute atomic E-state index is 11.6. The Kier molecular flexibility index (Phi) is 5.67. The second-order valence-corrected chi connectivity index (χ2v) is 7.56. The molecule has 4 aromatic rings. The number of pyridine rings is 2. The minimum atomic E-state index is -1.19. The zero-order valence-electron chi connectivity index (χ0n) is 17.2. The third-order valence-electron chi connectivity index (χ3n) is 4.86. The maximum Gasteiger partial charge on any atom is 0.356 e. The van der Waals surface area contributed by atoms with E-state index in [-0.39, 0.29) is 22.6 Å². The molecule has 2 N–H and O–H groups in total. The van der Waals surface area contributed by atoms with Crippen LogP contribution in [0, 0.1) is 18.3 Å². The van der Waals surface area contributed by atoms with E-state index in [2.05, 4.69) is 26.3 Å². The quantitative estimate of drug-likeness (QED) is 0.421. The number of nitriles is 1. The van der Waals surface area contributed by atoms with Gasteiger partial charge in [-0.15, -0.1) is 0 Å². The Balaban J connectivity index is 1.86. The molecule has 0 bridgehead atoms. The average molecular weight is 445 g/mol. The molecule has 158 valence electrons. The molecule has 0 spiro atoms. The minimum Gasteiger partial charge on any atom is -0.476 e. The van der Waals surface area contributed by atoms with E-state index in [0.717, 1.165) is 11.1 Å². The Bertz CT molecular complexity index is 1390. The third-order valence-corrected chi connectivity index (χ3v) is 5.07. The number of nitrogens with zero attached hydrogens (tertiary/aromatic N) is 5. The molecular weight excluding hydrogens is 428 g/mol. The lowest BCUT2D eigenvalue weighted by Crippen LogP contribution is -2.13. The summed E-state index contributed by atoms with van der Waals surface area (Å²) < 4.78 is 0. The first-order chi connectivity index (χ1) is 15.4. The number of hydrogen-bond donors (Lipinski definition) is 2. The Morgan fingerprint density at radius 2 is 2.00 bits per heavy atom. The highest BCUT2D eigenvalue weighted by atomic mass is 35.5. The topological polar surface area (TPSA) is 125 Å². The van der Waals surface area contributed by atoms with Crippen molar-refractivity contribution in [3.05, 3.63) is 76.3 Å². The van der Waals surface area contributed by atoms with Crippen molar-refractivity contribution in [2.75, 3.05) is 5.32 Å². The van der Waals surface area contributed by atoms with Gasteiger partial charge in [0.25, 0.3) is 0 Å². The van der Waals surface area contributed by atoms with Crippen LogP contribution in [0.3, 0.4) is 0 Å². The number of fused-ring (bicyclic) bond motifs is 1. The van der Waals surface area contributed by atoms with Crippen LogP contribution in [0.1, 0.15) is 40.3 Å². The van der Waals surface area contributed by atoms with Gasteiger partial charge in [0.1, 0.15) is 16.9 Å². The molecule has 3 aromatic heterocycles. The van der Waals surface area contributed by atoms with Gasteiger partial charge in [0.05, 0.1) is 28.5 Å². The molecule has 0 radical (unpaired) electrons. The minimum absolute atomic E-state index is 0.0940. The number of benzene rings is 1. The van der Waals surface area contributed by atoms with Crippen molar-refractivity contribution in [2.24, 2.45) is 0 Å². The van der Waals surface area contributed by atoms with Crippen molar-refractivity contribution in [2.45, 2.75) is 19.9 Å². The lowest BCUT2D eigenvalue weighted by Gasteiger charge is -2.19. The molecule has 0 amide bonds. The van der Waals surface area contributed by atoms with Crippen molar-refractivity contribution in [1.29, 1.82) is 5.26 Å². The number of aromatic nitrogens is 4. The van der Waals surface area contributed by atoms with Gasteiger partial charge in [-0.05, 0) is 49.7 Å². The van der Waals surface area contributed by atoms with Crippen LogP contribution in [0.2, 0.25) is 5.15 Å². The number of hydrogen-bond acceptors (Lipinski definition) is 7. The van der Waals surface area contributed by atoms with Crippen molar-refractivity contribution < 1.29 is 9.90 Å².